The third-order valence-corrected chi connectivity index (χ3v) is 4.22. The number of carbonyl (C=O) groups excluding carboxylic acids is 1. The molecule has 1 aromatic rings. The van der Waals surface area contributed by atoms with E-state index in [4.69, 9.17) is 5.11 Å². The molecular formula is C17H20F3NO4. The van der Waals surface area contributed by atoms with Crippen LogP contribution < -0.4 is 4.74 Å². The van der Waals surface area contributed by atoms with Crippen molar-refractivity contribution in [1.82, 2.24) is 4.90 Å². The Morgan fingerprint density at radius 3 is 2.28 bits per heavy atom. The molecule has 0 radical (unpaired) electrons. The van der Waals surface area contributed by atoms with Crippen molar-refractivity contribution in [3.63, 3.8) is 0 Å². The van der Waals surface area contributed by atoms with Gasteiger partial charge in [0.05, 0.1) is 0 Å². The van der Waals surface area contributed by atoms with Crippen molar-refractivity contribution in [2.24, 2.45) is 5.92 Å². The fourth-order valence-corrected chi connectivity index (χ4v) is 2.90. The van der Waals surface area contributed by atoms with Crippen molar-refractivity contribution < 1.29 is 32.6 Å². The maximum atomic E-state index is 12.2. The highest BCUT2D eigenvalue weighted by molar-refractivity contribution is 5.76. The van der Waals surface area contributed by atoms with Crippen molar-refractivity contribution in [3.05, 3.63) is 29.8 Å². The Morgan fingerprint density at radius 2 is 1.76 bits per heavy atom. The summed E-state index contributed by atoms with van der Waals surface area (Å²) >= 11 is 0. The number of benzene rings is 1. The van der Waals surface area contributed by atoms with Gasteiger partial charge in [-0.2, -0.15) is 0 Å². The van der Waals surface area contributed by atoms with Gasteiger partial charge < -0.3 is 14.7 Å². The van der Waals surface area contributed by atoms with E-state index in [1.54, 1.807) is 4.90 Å². The highest BCUT2D eigenvalue weighted by atomic mass is 19.4. The lowest BCUT2D eigenvalue weighted by Crippen LogP contribution is -2.39. The van der Waals surface area contributed by atoms with Gasteiger partial charge in [0.2, 0.25) is 5.91 Å². The second-order valence-corrected chi connectivity index (χ2v) is 6.11. The van der Waals surface area contributed by atoms with Crippen LogP contribution in [0.3, 0.4) is 0 Å². The predicted molar refractivity (Wildman–Crippen MR) is 83.0 cm³/mol. The third kappa shape index (κ3) is 6.64. The SMILES string of the molecule is O=C(O)CC1CCN(C(=O)CCc2ccc(OC(F)(F)F)cc2)CC1. The molecule has 0 aromatic heterocycles. The van der Waals surface area contributed by atoms with Crippen LogP contribution in [0.4, 0.5) is 13.2 Å². The lowest BCUT2D eigenvalue weighted by molar-refractivity contribution is -0.274. The van der Waals surface area contributed by atoms with Crippen molar-refractivity contribution in [1.29, 1.82) is 0 Å². The number of ether oxygens (including phenoxy) is 1. The number of rotatable bonds is 6. The summed E-state index contributed by atoms with van der Waals surface area (Å²) in [5.74, 6) is -1.02. The molecule has 1 fully saturated rings. The Bertz CT molecular complexity index is 593. The van der Waals surface area contributed by atoms with E-state index in [0.29, 0.717) is 32.4 Å². The number of amides is 1. The van der Waals surface area contributed by atoms with Crippen LogP contribution in [0.2, 0.25) is 0 Å². The van der Waals surface area contributed by atoms with Gasteiger partial charge in [0, 0.05) is 25.9 Å². The van der Waals surface area contributed by atoms with Crippen molar-refractivity contribution in [2.75, 3.05) is 13.1 Å². The Morgan fingerprint density at radius 1 is 1.16 bits per heavy atom. The van der Waals surface area contributed by atoms with Crippen LogP contribution in [0.5, 0.6) is 5.75 Å². The highest BCUT2D eigenvalue weighted by Crippen LogP contribution is 2.24. The number of hydrogen-bond donors (Lipinski definition) is 1. The molecule has 0 spiro atoms. The fourth-order valence-electron chi connectivity index (χ4n) is 2.90. The van der Waals surface area contributed by atoms with E-state index in [2.05, 4.69) is 4.74 Å². The number of piperidine rings is 1. The number of nitrogens with zero attached hydrogens (tertiary/aromatic N) is 1. The van der Waals surface area contributed by atoms with E-state index in [0.717, 1.165) is 5.56 Å². The molecule has 0 aliphatic carbocycles. The zero-order chi connectivity index (χ0) is 18.4. The van der Waals surface area contributed by atoms with Crippen LogP contribution in [0, 0.1) is 5.92 Å². The molecule has 2 rings (SSSR count). The summed E-state index contributed by atoms with van der Waals surface area (Å²) in [6.45, 7) is 1.10. The van der Waals surface area contributed by atoms with Crippen molar-refractivity contribution in [2.45, 2.75) is 38.5 Å². The summed E-state index contributed by atoms with van der Waals surface area (Å²) in [5, 5.41) is 8.78. The Labute approximate surface area is 143 Å². The minimum absolute atomic E-state index is 0.0237. The highest BCUT2D eigenvalue weighted by Gasteiger charge is 2.31. The fraction of sp³-hybridized carbons (Fsp3) is 0.529. The lowest BCUT2D eigenvalue weighted by Gasteiger charge is -2.31. The first-order chi connectivity index (χ1) is 11.7. The Hall–Kier alpha value is -2.25. The minimum Gasteiger partial charge on any atom is -0.481 e. The van der Waals surface area contributed by atoms with Gasteiger partial charge in [-0.25, -0.2) is 0 Å². The summed E-state index contributed by atoms with van der Waals surface area (Å²) in [4.78, 5) is 24.6. The van der Waals surface area contributed by atoms with E-state index in [1.807, 2.05) is 0 Å². The molecule has 0 saturated carbocycles. The zero-order valence-corrected chi connectivity index (χ0v) is 13.6. The second-order valence-electron chi connectivity index (χ2n) is 6.11. The number of aryl methyl sites for hydroxylation is 1. The zero-order valence-electron chi connectivity index (χ0n) is 13.6. The first kappa shape index (κ1) is 19.1. The molecule has 8 heteroatoms. The molecule has 1 amide bonds. The van der Waals surface area contributed by atoms with Gasteiger partial charge >= 0.3 is 12.3 Å². The summed E-state index contributed by atoms with van der Waals surface area (Å²) in [6.07, 6.45) is -2.52. The molecule has 0 atom stereocenters. The minimum atomic E-state index is -4.72. The number of halogens is 3. The molecule has 1 heterocycles. The molecule has 1 aliphatic heterocycles. The smallest absolute Gasteiger partial charge is 0.481 e. The number of alkyl halides is 3. The topological polar surface area (TPSA) is 66.8 Å². The number of carbonyl (C=O) groups is 2. The van der Waals surface area contributed by atoms with Gasteiger partial charge in [0.25, 0.3) is 0 Å². The number of hydrogen-bond acceptors (Lipinski definition) is 3. The molecule has 1 saturated heterocycles. The van der Waals surface area contributed by atoms with Gasteiger partial charge in [-0.3, -0.25) is 9.59 Å². The third-order valence-electron chi connectivity index (χ3n) is 4.22. The van der Waals surface area contributed by atoms with Crippen LogP contribution in [0.25, 0.3) is 0 Å². The molecular weight excluding hydrogens is 339 g/mol. The van der Waals surface area contributed by atoms with Gasteiger partial charge in [-0.15, -0.1) is 13.2 Å². The molecule has 25 heavy (non-hydrogen) atoms. The van der Waals surface area contributed by atoms with Crippen LogP contribution in [0.15, 0.2) is 24.3 Å². The number of carboxylic acids is 1. The maximum Gasteiger partial charge on any atom is 0.573 e. The Balaban J connectivity index is 1.76. The predicted octanol–water partition coefficient (Wildman–Crippen LogP) is 3.23. The Kier molecular flexibility index (Phi) is 6.27. The average Bonchev–Trinajstić information content (AvgIpc) is 2.52. The first-order valence-corrected chi connectivity index (χ1v) is 8.07. The summed E-state index contributed by atoms with van der Waals surface area (Å²) < 4.78 is 40.1. The van der Waals surface area contributed by atoms with E-state index in [-0.39, 0.29) is 30.4 Å². The van der Waals surface area contributed by atoms with Crippen LogP contribution in [-0.2, 0) is 16.0 Å². The normalized spacial score (nSPS) is 15.9. The van der Waals surface area contributed by atoms with Crippen LogP contribution in [0.1, 0.15) is 31.2 Å². The van der Waals surface area contributed by atoms with E-state index >= 15 is 0 Å². The van der Waals surface area contributed by atoms with Crippen LogP contribution in [-0.4, -0.2) is 41.3 Å². The van der Waals surface area contributed by atoms with Gasteiger partial charge in [0.15, 0.2) is 0 Å². The number of likely N-dealkylation sites (tertiary alicyclic amines) is 1. The van der Waals surface area contributed by atoms with Gasteiger partial charge in [0.1, 0.15) is 5.75 Å². The molecule has 138 valence electrons. The van der Waals surface area contributed by atoms with E-state index in [1.165, 1.54) is 24.3 Å². The summed E-state index contributed by atoms with van der Waals surface area (Å²) in [7, 11) is 0. The molecule has 0 unspecified atom stereocenters. The number of carboxylic acid groups (broad SMARTS) is 1. The van der Waals surface area contributed by atoms with E-state index in [9.17, 15) is 22.8 Å². The maximum absolute atomic E-state index is 12.2. The molecule has 0 bridgehead atoms. The first-order valence-electron chi connectivity index (χ1n) is 8.07. The van der Waals surface area contributed by atoms with Gasteiger partial charge in [-0.1, -0.05) is 12.1 Å². The quantitative estimate of drug-likeness (QED) is 0.847. The summed E-state index contributed by atoms with van der Waals surface area (Å²) in [6, 6.07) is 5.47. The standard InChI is InChI=1S/C17H20F3NO4/c18-17(19,20)25-14-4-1-12(2-5-14)3-6-15(22)21-9-7-13(8-10-21)11-16(23)24/h1-2,4-5,13H,3,6-11H2,(H,23,24). The second kappa shape index (κ2) is 8.22. The van der Waals surface area contributed by atoms with Crippen LogP contribution >= 0.6 is 0 Å². The molecule has 1 N–H and O–H groups in total. The summed E-state index contributed by atoms with van der Waals surface area (Å²) in [5.41, 5.74) is 0.753. The monoisotopic (exact) mass is 359 g/mol. The average molecular weight is 359 g/mol. The largest absolute Gasteiger partial charge is 0.573 e. The van der Waals surface area contributed by atoms with E-state index < -0.39 is 12.3 Å². The van der Waals surface area contributed by atoms with Crippen molar-refractivity contribution in [3.8, 4) is 5.75 Å². The molecule has 1 aliphatic rings. The number of aliphatic carboxylic acids is 1. The lowest BCUT2D eigenvalue weighted by atomic mass is 9.93. The molecule has 1 aromatic carbocycles. The molecule has 5 nitrogen and oxygen atoms in total. The van der Waals surface area contributed by atoms with Crippen molar-refractivity contribution >= 4 is 11.9 Å². The van der Waals surface area contributed by atoms with Gasteiger partial charge in [-0.05, 0) is 42.9 Å².